The second-order valence-electron chi connectivity index (χ2n) is 10.2. The van der Waals surface area contributed by atoms with Gasteiger partial charge in [-0.2, -0.15) is 0 Å². The Kier molecular flexibility index (Phi) is 7.08. The number of carbonyl (C=O) groups excluding carboxylic acids is 1. The Morgan fingerprint density at radius 3 is 2.19 bits per heavy atom. The summed E-state index contributed by atoms with van der Waals surface area (Å²) in [4.78, 5) is 34.5. The SMILES string of the molecule is Cc1ccc(CN2C=NC3CN(C(=O)CC(c4ccccc4)c4ccccc4)C(C(=O)O)CC32)cc1C. The molecule has 3 aromatic rings. The first-order chi connectivity index (χ1) is 17.9. The molecule has 3 atom stereocenters. The van der Waals surface area contributed by atoms with E-state index in [-0.39, 0.29) is 30.3 Å². The normalized spacial score (nSPS) is 20.8. The van der Waals surface area contributed by atoms with Crippen molar-refractivity contribution in [1.29, 1.82) is 0 Å². The van der Waals surface area contributed by atoms with Crippen molar-refractivity contribution in [2.45, 2.75) is 57.3 Å². The number of carboxylic acid groups (broad SMARTS) is 1. The summed E-state index contributed by atoms with van der Waals surface area (Å²) in [6.07, 6.45) is 2.41. The van der Waals surface area contributed by atoms with Crippen molar-refractivity contribution >= 4 is 18.2 Å². The third kappa shape index (κ3) is 5.29. The fourth-order valence-electron chi connectivity index (χ4n) is 5.59. The molecule has 1 amide bonds. The molecule has 1 N–H and O–H groups in total. The Hall–Kier alpha value is -3.93. The van der Waals surface area contributed by atoms with E-state index in [1.54, 1.807) is 4.90 Å². The van der Waals surface area contributed by atoms with Crippen molar-refractivity contribution in [3.8, 4) is 0 Å². The van der Waals surface area contributed by atoms with E-state index in [1.807, 2.05) is 67.0 Å². The Labute approximate surface area is 218 Å². The molecule has 0 aliphatic carbocycles. The van der Waals surface area contributed by atoms with Crippen LogP contribution in [0.1, 0.15) is 46.6 Å². The van der Waals surface area contributed by atoms with Gasteiger partial charge in [0, 0.05) is 31.8 Å². The van der Waals surface area contributed by atoms with Crippen LogP contribution >= 0.6 is 0 Å². The van der Waals surface area contributed by atoms with Crippen LogP contribution in [0.3, 0.4) is 0 Å². The molecule has 6 heteroatoms. The van der Waals surface area contributed by atoms with Crippen molar-refractivity contribution in [2.75, 3.05) is 6.54 Å². The number of hydrogen-bond acceptors (Lipinski definition) is 4. The standard InChI is InChI=1S/C31H33N3O3/c1-21-13-14-23(15-22(21)2)18-33-20-32-27-19-34(29(31(36)37)17-28(27)33)30(35)16-26(24-9-5-3-6-10-24)25-11-7-4-8-12-25/h3-15,20,26-29H,16-19H2,1-2H3,(H,36,37). The summed E-state index contributed by atoms with van der Waals surface area (Å²) in [5, 5.41) is 10.1. The summed E-state index contributed by atoms with van der Waals surface area (Å²) < 4.78 is 0. The lowest BCUT2D eigenvalue weighted by Gasteiger charge is -2.41. The molecule has 3 unspecified atom stereocenters. The second-order valence-corrected chi connectivity index (χ2v) is 10.2. The molecule has 0 saturated carbocycles. The van der Waals surface area contributed by atoms with Gasteiger partial charge in [0.1, 0.15) is 6.04 Å². The number of aliphatic carboxylic acids is 1. The largest absolute Gasteiger partial charge is 0.480 e. The quantitative estimate of drug-likeness (QED) is 0.511. The molecule has 0 bridgehead atoms. The summed E-state index contributed by atoms with van der Waals surface area (Å²) in [5.41, 5.74) is 5.75. The number of benzene rings is 3. The van der Waals surface area contributed by atoms with Crippen LogP contribution in [0.2, 0.25) is 0 Å². The molecule has 2 aliphatic heterocycles. The first-order valence-corrected chi connectivity index (χ1v) is 12.9. The molecule has 37 heavy (non-hydrogen) atoms. The fourth-order valence-corrected chi connectivity index (χ4v) is 5.59. The van der Waals surface area contributed by atoms with Crippen LogP contribution in [-0.2, 0) is 16.1 Å². The maximum absolute atomic E-state index is 13.7. The molecule has 0 spiro atoms. The summed E-state index contributed by atoms with van der Waals surface area (Å²) >= 11 is 0. The Bertz CT molecular complexity index is 1250. The number of nitrogens with zero attached hydrogens (tertiary/aromatic N) is 3. The van der Waals surface area contributed by atoms with Crippen LogP contribution in [0, 0.1) is 13.8 Å². The van der Waals surface area contributed by atoms with Crippen molar-refractivity contribution < 1.29 is 14.7 Å². The Morgan fingerprint density at radius 1 is 0.946 bits per heavy atom. The first kappa shape index (κ1) is 24.8. The number of carbonyl (C=O) groups is 2. The van der Waals surface area contributed by atoms with E-state index in [4.69, 9.17) is 4.99 Å². The van der Waals surface area contributed by atoms with Gasteiger partial charge in [0.15, 0.2) is 0 Å². The highest BCUT2D eigenvalue weighted by atomic mass is 16.4. The van der Waals surface area contributed by atoms with Gasteiger partial charge in [0.2, 0.25) is 5.91 Å². The lowest BCUT2D eigenvalue weighted by molar-refractivity contribution is -0.153. The zero-order valence-corrected chi connectivity index (χ0v) is 21.3. The van der Waals surface area contributed by atoms with E-state index in [1.165, 1.54) is 16.7 Å². The van der Waals surface area contributed by atoms with E-state index >= 15 is 0 Å². The van der Waals surface area contributed by atoms with Crippen LogP contribution < -0.4 is 0 Å². The lowest BCUT2D eigenvalue weighted by atomic mass is 9.86. The Balaban J connectivity index is 1.34. The Morgan fingerprint density at radius 2 is 1.59 bits per heavy atom. The number of rotatable bonds is 7. The predicted molar refractivity (Wildman–Crippen MR) is 145 cm³/mol. The number of carboxylic acids is 1. The van der Waals surface area contributed by atoms with Gasteiger partial charge in [0.05, 0.1) is 18.4 Å². The molecule has 3 aromatic carbocycles. The number of aliphatic imine (C=N–C) groups is 1. The molecule has 5 rings (SSSR count). The van der Waals surface area contributed by atoms with Gasteiger partial charge in [-0.1, -0.05) is 78.9 Å². The zero-order chi connectivity index (χ0) is 25.9. The number of amides is 1. The van der Waals surface area contributed by atoms with Crippen LogP contribution in [0.5, 0.6) is 0 Å². The molecule has 0 aromatic heterocycles. The lowest BCUT2D eigenvalue weighted by Crippen LogP contribution is -2.58. The molecular weight excluding hydrogens is 462 g/mol. The third-order valence-corrected chi connectivity index (χ3v) is 7.83. The van der Waals surface area contributed by atoms with Crippen LogP contribution in [0.4, 0.5) is 0 Å². The number of likely N-dealkylation sites (tertiary alicyclic amines) is 1. The van der Waals surface area contributed by atoms with Gasteiger partial charge in [-0.3, -0.25) is 9.79 Å². The van der Waals surface area contributed by atoms with Crippen molar-refractivity contribution in [3.05, 3.63) is 107 Å². The number of fused-ring (bicyclic) bond motifs is 1. The summed E-state index contributed by atoms with van der Waals surface area (Å²) in [6, 6.07) is 25.3. The average Bonchev–Trinajstić information content (AvgIpc) is 3.31. The predicted octanol–water partition coefficient (Wildman–Crippen LogP) is 4.79. The number of hydrogen-bond donors (Lipinski definition) is 1. The summed E-state index contributed by atoms with van der Waals surface area (Å²) in [6.45, 7) is 5.19. The first-order valence-electron chi connectivity index (χ1n) is 12.9. The molecule has 190 valence electrons. The maximum Gasteiger partial charge on any atom is 0.326 e. The second kappa shape index (κ2) is 10.6. The molecule has 2 aliphatic rings. The summed E-state index contributed by atoms with van der Waals surface area (Å²) in [5.74, 6) is -1.25. The van der Waals surface area contributed by atoms with Gasteiger partial charge in [-0.05, 0) is 41.7 Å². The fraction of sp³-hybridized carbons (Fsp3) is 0.323. The highest BCUT2D eigenvalue weighted by Gasteiger charge is 2.45. The van der Waals surface area contributed by atoms with E-state index < -0.39 is 12.0 Å². The maximum atomic E-state index is 13.7. The molecule has 6 nitrogen and oxygen atoms in total. The number of piperidine rings is 1. The van der Waals surface area contributed by atoms with Crippen LogP contribution in [0.15, 0.2) is 83.9 Å². The van der Waals surface area contributed by atoms with Gasteiger partial charge >= 0.3 is 5.97 Å². The smallest absolute Gasteiger partial charge is 0.326 e. The average molecular weight is 496 g/mol. The molecule has 0 radical (unpaired) electrons. The molecule has 1 saturated heterocycles. The van der Waals surface area contributed by atoms with Gasteiger partial charge in [-0.15, -0.1) is 0 Å². The highest BCUT2D eigenvalue weighted by Crippen LogP contribution is 2.33. The minimum absolute atomic E-state index is 0.0363. The van der Waals surface area contributed by atoms with E-state index in [0.29, 0.717) is 19.5 Å². The van der Waals surface area contributed by atoms with Crippen LogP contribution in [0.25, 0.3) is 0 Å². The van der Waals surface area contributed by atoms with Crippen molar-refractivity contribution in [3.63, 3.8) is 0 Å². The summed E-state index contributed by atoms with van der Waals surface area (Å²) in [7, 11) is 0. The van der Waals surface area contributed by atoms with E-state index in [0.717, 1.165) is 11.1 Å². The highest BCUT2D eigenvalue weighted by molar-refractivity contribution is 5.85. The number of aryl methyl sites for hydroxylation is 2. The van der Waals surface area contributed by atoms with Crippen molar-refractivity contribution in [2.24, 2.45) is 4.99 Å². The topological polar surface area (TPSA) is 73.2 Å². The van der Waals surface area contributed by atoms with Gasteiger partial charge in [0.25, 0.3) is 0 Å². The zero-order valence-electron chi connectivity index (χ0n) is 21.3. The molecular formula is C31H33N3O3. The van der Waals surface area contributed by atoms with Crippen LogP contribution in [-0.4, -0.2) is 57.8 Å². The van der Waals surface area contributed by atoms with Gasteiger partial charge < -0.3 is 14.9 Å². The van der Waals surface area contributed by atoms with Gasteiger partial charge in [-0.25, -0.2) is 4.79 Å². The minimum atomic E-state index is -0.958. The minimum Gasteiger partial charge on any atom is -0.480 e. The molecule has 2 heterocycles. The van der Waals surface area contributed by atoms with E-state index in [2.05, 4.69) is 36.9 Å². The van der Waals surface area contributed by atoms with E-state index in [9.17, 15) is 14.7 Å². The monoisotopic (exact) mass is 495 g/mol. The van der Waals surface area contributed by atoms with Crippen molar-refractivity contribution in [1.82, 2.24) is 9.80 Å². The third-order valence-electron chi connectivity index (χ3n) is 7.83. The molecule has 1 fully saturated rings.